The molecule has 1 aromatic rings. The molecule has 116 valence electrons. The van der Waals surface area contributed by atoms with Gasteiger partial charge in [0.2, 0.25) is 5.91 Å². The topological polar surface area (TPSA) is 44.4 Å². The second kappa shape index (κ2) is 6.77. The summed E-state index contributed by atoms with van der Waals surface area (Å²) in [5.74, 6) is 0.00947. The normalized spacial score (nSPS) is 18.5. The summed E-state index contributed by atoms with van der Waals surface area (Å²) in [5.41, 5.74) is 1.92. The summed E-state index contributed by atoms with van der Waals surface area (Å²) < 4.78 is 1.78. The molecule has 0 aliphatic carbocycles. The molecule has 0 bridgehead atoms. The molecule has 0 spiro atoms. The van der Waals surface area contributed by atoms with Gasteiger partial charge in [0.25, 0.3) is 0 Å². The van der Waals surface area contributed by atoms with Gasteiger partial charge in [-0.1, -0.05) is 0 Å². The number of nitrogens with one attached hydrogen (secondary N) is 2. The van der Waals surface area contributed by atoms with E-state index < -0.39 is 0 Å². The number of carbonyl (C=O) groups excluding carboxylic acids is 1. The minimum Gasteiger partial charge on any atom is -0.323 e. The van der Waals surface area contributed by atoms with Crippen LogP contribution >= 0.6 is 31.9 Å². The number of halogens is 2. The lowest BCUT2D eigenvalue weighted by molar-refractivity contribution is -0.119. The van der Waals surface area contributed by atoms with Gasteiger partial charge in [0.1, 0.15) is 0 Å². The molecule has 2 rings (SSSR count). The van der Waals surface area contributed by atoms with Gasteiger partial charge in [0, 0.05) is 34.1 Å². The van der Waals surface area contributed by atoms with Crippen molar-refractivity contribution in [3.05, 3.63) is 26.6 Å². The van der Waals surface area contributed by atoms with Crippen molar-refractivity contribution < 1.29 is 4.79 Å². The van der Waals surface area contributed by atoms with Crippen molar-refractivity contribution in [3.63, 3.8) is 0 Å². The largest absolute Gasteiger partial charge is 0.323 e. The van der Waals surface area contributed by atoms with Gasteiger partial charge in [0.05, 0.1) is 12.2 Å². The van der Waals surface area contributed by atoms with E-state index in [1.54, 1.807) is 0 Å². The van der Waals surface area contributed by atoms with Crippen LogP contribution in [0.5, 0.6) is 0 Å². The van der Waals surface area contributed by atoms with E-state index in [9.17, 15) is 4.79 Å². The second-order valence-electron chi connectivity index (χ2n) is 6.06. The maximum absolute atomic E-state index is 12.3. The molecule has 21 heavy (non-hydrogen) atoms. The molecule has 1 saturated heterocycles. The summed E-state index contributed by atoms with van der Waals surface area (Å²) in [7, 11) is 0. The van der Waals surface area contributed by atoms with Gasteiger partial charge in [-0.2, -0.15) is 0 Å². The monoisotopic (exact) mass is 417 g/mol. The fourth-order valence-corrected chi connectivity index (χ4v) is 4.10. The highest BCUT2D eigenvalue weighted by atomic mass is 79.9. The van der Waals surface area contributed by atoms with Crippen molar-refractivity contribution in [3.8, 4) is 0 Å². The molecule has 0 aromatic heterocycles. The van der Waals surface area contributed by atoms with Gasteiger partial charge < -0.3 is 10.6 Å². The molecule has 2 N–H and O–H groups in total. The molecule has 1 aliphatic rings. The molecular weight excluding hydrogens is 398 g/mol. The summed E-state index contributed by atoms with van der Waals surface area (Å²) in [6.07, 6.45) is 0. The molecule has 1 aliphatic heterocycles. The number of hydrogen-bond donors (Lipinski definition) is 2. The Morgan fingerprint density at radius 2 is 2.00 bits per heavy atom. The number of carbonyl (C=O) groups is 1. The number of aryl methyl sites for hydroxylation is 1. The van der Waals surface area contributed by atoms with E-state index in [4.69, 9.17) is 0 Å². The van der Waals surface area contributed by atoms with Crippen molar-refractivity contribution in [2.75, 3.05) is 31.5 Å². The minimum absolute atomic E-state index is 0.00265. The Balaban J connectivity index is 2.05. The predicted octanol–water partition coefficient (Wildman–Crippen LogP) is 3.14. The summed E-state index contributed by atoms with van der Waals surface area (Å²) in [6.45, 7) is 9.45. The maximum atomic E-state index is 12.3. The fraction of sp³-hybridized carbons (Fsp3) is 0.533. The van der Waals surface area contributed by atoms with Crippen LogP contribution in [-0.4, -0.2) is 42.5 Å². The standard InChI is InChI=1S/C15H21Br2N3O/c1-10-6-11(16)14(12(17)7-10)19-13(21)8-20-5-4-18-9-15(20,2)3/h6-7,18H,4-5,8-9H2,1-3H3,(H,19,21). The van der Waals surface area contributed by atoms with Gasteiger partial charge in [-0.25, -0.2) is 0 Å². The molecule has 6 heteroatoms. The second-order valence-corrected chi connectivity index (χ2v) is 7.77. The summed E-state index contributed by atoms with van der Waals surface area (Å²) in [4.78, 5) is 14.6. The van der Waals surface area contributed by atoms with E-state index in [1.165, 1.54) is 0 Å². The third-order valence-electron chi connectivity index (χ3n) is 3.76. The maximum Gasteiger partial charge on any atom is 0.238 e. The number of hydrogen-bond acceptors (Lipinski definition) is 3. The molecule has 0 unspecified atom stereocenters. The van der Waals surface area contributed by atoms with Crippen LogP contribution < -0.4 is 10.6 Å². The highest BCUT2D eigenvalue weighted by Crippen LogP contribution is 2.32. The third kappa shape index (κ3) is 4.28. The van der Waals surface area contributed by atoms with Crippen LogP contribution in [0.25, 0.3) is 0 Å². The van der Waals surface area contributed by atoms with E-state index in [1.807, 2.05) is 19.1 Å². The van der Waals surface area contributed by atoms with E-state index in [0.717, 1.165) is 39.8 Å². The van der Waals surface area contributed by atoms with E-state index in [2.05, 4.69) is 61.2 Å². The zero-order chi connectivity index (χ0) is 15.6. The molecule has 0 atom stereocenters. The van der Waals surface area contributed by atoms with Crippen LogP contribution in [0.15, 0.2) is 21.1 Å². The lowest BCUT2D eigenvalue weighted by atomic mass is 10.0. The van der Waals surface area contributed by atoms with Crippen molar-refractivity contribution in [1.82, 2.24) is 10.2 Å². The fourth-order valence-electron chi connectivity index (χ4n) is 2.49. The van der Waals surface area contributed by atoms with Gasteiger partial charge in [-0.05, 0) is 70.3 Å². The first-order chi connectivity index (χ1) is 9.79. The zero-order valence-corrected chi connectivity index (χ0v) is 15.8. The lowest BCUT2D eigenvalue weighted by Crippen LogP contribution is -2.59. The number of benzene rings is 1. The third-order valence-corrected chi connectivity index (χ3v) is 5.01. The number of piperazine rings is 1. The molecule has 1 fully saturated rings. The van der Waals surface area contributed by atoms with E-state index in [-0.39, 0.29) is 11.4 Å². The van der Waals surface area contributed by atoms with Crippen molar-refractivity contribution in [1.29, 1.82) is 0 Å². The molecule has 1 aromatic carbocycles. The van der Waals surface area contributed by atoms with Crippen LogP contribution in [0.1, 0.15) is 19.4 Å². The number of rotatable bonds is 3. The van der Waals surface area contributed by atoms with Gasteiger partial charge in [-0.3, -0.25) is 9.69 Å². The summed E-state index contributed by atoms with van der Waals surface area (Å²) in [5, 5.41) is 6.36. The van der Waals surface area contributed by atoms with Crippen LogP contribution in [-0.2, 0) is 4.79 Å². The Morgan fingerprint density at radius 1 is 1.38 bits per heavy atom. The highest BCUT2D eigenvalue weighted by Gasteiger charge is 2.30. The highest BCUT2D eigenvalue weighted by molar-refractivity contribution is 9.11. The smallest absolute Gasteiger partial charge is 0.238 e. The number of nitrogens with zero attached hydrogens (tertiary/aromatic N) is 1. The van der Waals surface area contributed by atoms with Gasteiger partial charge in [0.15, 0.2) is 0 Å². The van der Waals surface area contributed by atoms with Gasteiger partial charge in [-0.15, -0.1) is 0 Å². The Hall–Kier alpha value is -0.430. The van der Waals surface area contributed by atoms with Crippen molar-refractivity contribution >= 4 is 43.5 Å². The number of amides is 1. The summed E-state index contributed by atoms with van der Waals surface area (Å²) >= 11 is 7.01. The zero-order valence-electron chi connectivity index (χ0n) is 12.6. The van der Waals surface area contributed by atoms with E-state index in [0.29, 0.717) is 6.54 Å². The molecule has 0 radical (unpaired) electrons. The Morgan fingerprint density at radius 3 is 2.57 bits per heavy atom. The first-order valence-corrected chi connectivity index (χ1v) is 8.59. The molecule has 4 nitrogen and oxygen atoms in total. The number of anilines is 1. The average molecular weight is 419 g/mol. The Kier molecular flexibility index (Phi) is 5.46. The average Bonchev–Trinajstić information content (AvgIpc) is 2.36. The lowest BCUT2D eigenvalue weighted by Gasteiger charge is -2.42. The molecular formula is C15H21Br2N3O. The quantitative estimate of drug-likeness (QED) is 0.792. The van der Waals surface area contributed by atoms with Crippen LogP contribution in [0.3, 0.4) is 0 Å². The van der Waals surface area contributed by atoms with E-state index >= 15 is 0 Å². The summed E-state index contributed by atoms with van der Waals surface area (Å²) in [6, 6.07) is 3.99. The first kappa shape index (κ1) is 16.9. The van der Waals surface area contributed by atoms with Gasteiger partial charge >= 0.3 is 0 Å². The molecule has 1 heterocycles. The predicted molar refractivity (Wildman–Crippen MR) is 93.7 cm³/mol. The van der Waals surface area contributed by atoms with Crippen LogP contribution in [0.4, 0.5) is 5.69 Å². The van der Waals surface area contributed by atoms with Crippen molar-refractivity contribution in [2.45, 2.75) is 26.3 Å². The Labute approximate surface area is 142 Å². The SMILES string of the molecule is Cc1cc(Br)c(NC(=O)CN2CCNCC2(C)C)c(Br)c1. The Bertz CT molecular complexity index is 523. The van der Waals surface area contributed by atoms with Crippen LogP contribution in [0, 0.1) is 6.92 Å². The van der Waals surface area contributed by atoms with Crippen molar-refractivity contribution in [2.24, 2.45) is 0 Å². The molecule has 1 amide bonds. The first-order valence-electron chi connectivity index (χ1n) is 7.01. The van der Waals surface area contributed by atoms with Crippen LogP contribution in [0.2, 0.25) is 0 Å². The minimum atomic E-state index is -0.00265. The molecule has 0 saturated carbocycles.